The van der Waals surface area contributed by atoms with Crippen molar-refractivity contribution in [3.05, 3.63) is 29.6 Å². The highest BCUT2D eigenvalue weighted by atomic mass is 19.1. The van der Waals surface area contributed by atoms with Crippen LogP contribution in [0.4, 0.5) is 10.1 Å². The van der Waals surface area contributed by atoms with E-state index in [9.17, 15) is 14.0 Å². The van der Waals surface area contributed by atoms with Gasteiger partial charge in [-0.25, -0.2) is 9.18 Å². The number of hydrogen-bond donors (Lipinski definition) is 3. The second-order valence-electron chi connectivity index (χ2n) is 4.65. The molecule has 0 saturated carbocycles. The fourth-order valence-corrected chi connectivity index (χ4v) is 2.22. The number of benzene rings is 1. The summed E-state index contributed by atoms with van der Waals surface area (Å²) in [4.78, 5) is 23.0. The minimum absolute atomic E-state index is 0.139. The summed E-state index contributed by atoms with van der Waals surface area (Å²) in [5.74, 6) is -2.29. The average molecular weight is 266 g/mol. The van der Waals surface area contributed by atoms with E-state index in [0.29, 0.717) is 0 Å². The number of carboxylic acids is 1. The van der Waals surface area contributed by atoms with Gasteiger partial charge in [-0.3, -0.25) is 4.79 Å². The van der Waals surface area contributed by atoms with E-state index in [1.165, 1.54) is 12.1 Å². The Bertz CT molecular complexity index is 519. The first-order valence-electron chi connectivity index (χ1n) is 6.06. The number of amides is 1. The number of carboxylic acid groups (broad SMARTS) is 1. The Morgan fingerprint density at radius 3 is 2.79 bits per heavy atom. The molecule has 3 N–H and O–H groups in total. The van der Waals surface area contributed by atoms with E-state index in [2.05, 4.69) is 10.6 Å². The smallest absolute Gasteiger partial charge is 0.337 e. The van der Waals surface area contributed by atoms with Gasteiger partial charge in [-0.15, -0.1) is 0 Å². The molecule has 2 rings (SSSR count). The lowest BCUT2D eigenvalue weighted by Crippen LogP contribution is -2.39. The number of halogens is 1. The monoisotopic (exact) mass is 266 g/mol. The molecule has 1 aromatic carbocycles. The largest absolute Gasteiger partial charge is 0.478 e. The van der Waals surface area contributed by atoms with Gasteiger partial charge in [-0.05, 0) is 31.0 Å². The molecule has 19 heavy (non-hydrogen) atoms. The van der Waals surface area contributed by atoms with Crippen molar-refractivity contribution in [3.63, 3.8) is 0 Å². The molecular formula is C13H15FN2O3. The maximum absolute atomic E-state index is 13.7. The number of carbonyl (C=O) groups is 2. The first-order chi connectivity index (χ1) is 9.00. The first-order valence-corrected chi connectivity index (χ1v) is 6.06. The molecule has 1 saturated heterocycles. The lowest BCUT2D eigenvalue weighted by molar-refractivity contribution is -0.118. The molecule has 1 amide bonds. The Balaban J connectivity index is 2.23. The number of anilines is 1. The summed E-state index contributed by atoms with van der Waals surface area (Å²) in [6, 6.07) is 3.26. The molecule has 1 fully saturated rings. The zero-order valence-corrected chi connectivity index (χ0v) is 10.4. The third-order valence-electron chi connectivity index (χ3n) is 3.31. The molecule has 0 aromatic heterocycles. The van der Waals surface area contributed by atoms with Crippen molar-refractivity contribution in [1.29, 1.82) is 0 Å². The average Bonchev–Trinajstić information content (AvgIpc) is 2.77. The van der Waals surface area contributed by atoms with Gasteiger partial charge in [-0.2, -0.15) is 0 Å². The normalized spacial score (nSPS) is 22.2. The van der Waals surface area contributed by atoms with Crippen molar-refractivity contribution in [1.82, 2.24) is 5.32 Å². The van der Waals surface area contributed by atoms with Crippen LogP contribution in [-0.2, 0) is 4.79 Å². The highest BCUT2D eigenvalue weighted by molar-refractivity contribution is 6.02. The predicted molar refractivity (Wildman–Crippen MR) is 67.6 cm³/mol. The van der Waals surface area contributed by atoms with Crippen molar-refractivity contribution >= 4 is 17.6 Å². The van der Waals surface area contributed by atoms with Gasteiger partial charge in [0.2, 0.25) is 5.91 Å². The number of nitrogens with one attached hydrogen (secondary N) is 2. The van der Waals surface area contributed by atoms with Gasteiger partial charge in [-0.1, -0.05) is 13.0 Å². The van der Waals surface area contributed by atoms with Crippen LogP contribution in [0.25, 0.3) is 0 Å². The highest BCUT2D eigenvalue weighted by Crippen LogP contribution is 2.22. The van der Waals surface area contributed by atoms with Crippen molar-refractivity contribution in [2.45, 2.75) is 19.4 Å². The minimum Gasteiger partial charge on any atom is -0.478 e. The van der Waals surface area contributed by atoms with Crippen molar-refractivity contribution in [2.24, 2.45) is 5.92 Å². The van der Waals surface area contributed by atoms with Gasteiger partial charge in [0.25, 0.3) is 0 Å². The van der Waals surface area contributed by atoms with Crippen LogP contribution in [0.1, 0.15) is 23.7 Å². The maximum Gasteiger partial charge on any atom is 0.337 e. The van der Waals surface area contributed by atoms with Crippen LogP contribution < -0.4 is 10.6 Å². The summed E-state index contributed by atoms with van der Waals surface area (Å²) in [6.07, 6.45) is 0.862. The molecule has 1 aliphatic rings. The van der Waals surface area contributed by atoms with Crippen LogP contribution in [0.15, 0.2) is 18.2 Å². The van der Waals surface area contributed by atoms with E-state index in [1.807, 2.05) is 6.92 Å². The fourth-order valence-electron chi connectivity index (χ4n) is 2.22. The van der Waals surface area contributed by atoms with Gasteiger partial charge < -0.3 is 15.7 Å². The number of para-hydroxylation sites is 1. The van der Waals surface area contributed by atoms with Gasteiger partial charge in [0, 0.05) is 0 Å². The van der Waals surface area contributed by atoms with Crippen molar-refractivity contribution in [2.75, 3.05) is 11.9 Å². The third-order valence-corrected chi connectivity index (χ3v) is 3.31. The van der Waals surface area contributed by atoms with E-state index >= 15 is 0 Å². The van der Waals surface area contributed by atoms with Gasteiger partial charge in [0.1, 0.15) is 5.82 Å². The summed E-state index contributed by atoms with van der Waals surface area (Å²) in [5, 5.41) is 14.4. The zero-order valence-electron chi connectivity index (χ0n) is 10.4. The Morgan fingerprint density at radius 1 is 1.47 bits per heavy atom. The summed E-state index contributed by atoms with van der Waals surface area (Å²) >= 11 is 0. The van der Waals surface area contributed by atoms with Gasteiger partial charge in [0.15, 0.2) is 0 Å². The molecule has 1 aliphatic heterocycles. The summed E-state index contributed by atoms with van der Waals surface area (Å²) < 4.78 is 13.7. The molecule has 6 heteroatoms. The van der Waals surface area contributed by atoms with Crippen LogP contribution >= 0.6 is 0 Å². The number of hydrogen-bond acceptors (Lipinski definition) is 3. The molecule has 0 radical (unpaired) electrons. The third kappa shape index (κ3) is 2.73. The van der Waals surface area contributed by atoms with E-state index in [1.54, 1.807) is 0 Å². The first kappa shape index (κ1) is 13.5. The van der Waals surface area contributed by atoms with E-state index in [0.717, 1.165) is 19.0 Å². The van der Waals surface area contributed by atoms with E-state index < -0.39 is 23.7 Å². The highest BCUT2D eigenvalue weighted by Gasteiger charge is 2.30. The number of aromatic carboxylic acids is 1. The minimum atomic E-state index is -1.28. The van der Waals surface area contributed by atoms with Gasteiger partial charge in [0.05, 0.1) is 17.3 Å². The van der Waals surface area contributed by atoms with Crippen LogP contribution in [0.5, 0.6) is 0 Å². The van der Waals surface area contributed by atoms with Crippen molar-refractivity contribution in [3.8, 4) is 0 Å². The second kappa shape index (κ2) is 5.36. The van der Waals surface area contributed by atoms with Crippen LogP contribution in [0.3, 0.4) is 0 Å². The predicted octanol–water partition coefficient (Wildman–Crippen LogP) is 1.46. The fraction of sp³-hybridized carbons (Fsp3) is 0.385. The zero-order chi connectivity index (χ0) is 14.0. The Morgan fingerprint density at radius 2 is 2.21 bits per heavy atom. The topological polar surface area (TPSA) is 78.4 Å². The summed E-state index contributed by atoms with van der Waals surface area (Å²) in [7, 11) is 0. The van der Waals surface area contributed by atoms with Crippen LogP contribution in [0, 0.1) is 11.7 Å². The van der Waals surface area contributed by atoms with Crippen LogP contribution in [-0.4, -0.2) is 29.6 Å². The molecule has 2 unspecified atom stereocenters. The maximum atomic E-state index is 13.7. The van der Waals surface area contributed by atoms with Gasteiger partial charge >= 0.3 is 5.97 Å². The quantitative estimate of drug-likeness (QED) is 0.774. The molecular weight excluding hydrogens is 251 g/mol. The summed E-state index contributed by atoms with van der Waals surface area (Å²) in [6.45, 7) is 2.64. The Kier molecular flexibility index (Phi) is 3.80. The number of rotatable bonds is 3. The standard InChI is InChI=1S/C13H15FN2O3/c1-7-5-6-15-10(7)12(17)16-11-8(13(18)19)3-2-4-9(11)14/h2-4,7,10,15H,5-6H2,1H3,(H,16,17)(H,18,19). The molecule has 0 spiro atoms. The molecule has 0 aliphatic carbocycles. The summed E-state index contributed by atoms with van der Waals surface area (Å²) in [5.41, 5.74) is -0.528. The second-order valence-corrected chi connectivity index (χ2v) is 4.65. The Labute approximate surface area is 109 Å². The molecule has 102 valence electrons. The lowest BCUT2D eigenvalue weighted by Gasteiger charge is -2.16. The molecule has 1 heterocycles. The molecule has 5 nitrogen and oxygen atoms in total. The number of carbonyl (C=O) groups excluding carboxylic acids is 1. The SMILES string of the molecule is CC1CCNC1C(=O)Nc1c(F)cccc1C(=O)O. The van der Waals surface area contributed by atoms with Crippen LogP contribution in [0.2, 0.25) is 0 Å². The lowest BCUT2D eigenvalue weighted by atomic mass is 10.0. The molecule has 1 aromatic rings. The van der Waals surface area contributed by atoms with Crippen molar-refractivity contribution < 1.29 is 19.1 Å². The molecule has 0 bridgehead atoms. The van der Waals surface area contributed by atoms with E-state index in [-0.39, 0.29) is 17.2 Å². The Hall–Kier alpha value is -1.95. The molecule has 2 atom stereocenters. The van der Waals surface area contributed by atoms with E-state index in [4.69, 9.17) is 5.11 Å².